The van der Waals surface area contributed by atoms with Crippen molar-refractivity contribution in [1.29, 1.82) is 0 Å². The highest BCUT2D eigenvalue weighted by Crippen LogP contribution is 2.27. The van der Waals surface area contributed by atoms with Crippen molar-refractivity contribution in [2.24, 2.45) is 11.8 Å². The van der Waals surface area contributed by atoms with E-state index in [1.807, 2.05) is 0 Å². The number of aliphatic hydroxyl groups is 1. The molecule has 2 aromatic rings. The van der Waals surface area contributed by atoms with Gasteiger partial charge in [0.15, 0.2) is 5.05 Å². The fraction of sp³-hybridized carbons (Fsp3) is 0.292. The van der Waals surface area contributed by atoms with Crippen LogP contribution in [0.4, 0.5) is 11.4 Å². The molecule has 1 aliphatic rings. The molecule has 1 saturated heterocycles. The number of nitrogens with zero attached hydrogens (tertiary/aromatic N) is 2. The minimum absolute atomic E-state index is 0.0472. The van der Waals surface area contributed by atoms with Crippen LogP contribution in [0, 0.1) is 22.0 Å². The van der Waals surface area contributed by atoms with Crippen molar-refractivity contribution in [3.05, 3.63) is 69.8 Å². The number of amides is 2. The quantitative estimate of drug-likeness (QED) is 0.156. The molecule has 14 heteroatoms. The average Bonchev–Trinajstić information content (AvgIpc) is 3.35. The van der Waals surface area contributed by atoms with Crippen molar-refractivity contribution in [3.8, 4) is 0 Å². The lowest BCUT2D eigenvalue weighted by Crippen LogP contribution is -2.52. The Morgan fingerprint density at radius 1 is 1.21 bits per heavy atom. The Bertz CT molecular complexity index is 1270. The molecule has 0 spiro atoms. The number of esters is 1. The number of non-ortho nitro benzene ring substituents is 1. The summed E-state index contributed by atoms with van der Waals surface area (Å²) in [5, 5.41) is 33.4. The van der Waals surface area contributed by atoms with E-state index >= 15 is 0 Å². The molecule has 0 bridgehead atoms. The zero-order valence-electron chi connectivity index (χ0n) is 20.0. The minimum Gasteiger partial charge on any atom is -0.501 e. The van der Waals surface area contributed by atoms with Crippen LogP contribution >= 0.6 is 12.2 Å². The van der Waals surface area contributed by atoms with Gasteiger partial charge in [-0.25, -0.2) is 9.80 Å². The van der Waals surface area contributed by atoms with E-state index in [4.69, 9.17) is 17.0 Å². The number of rotatable bonds is 9. The number of hydrogen-bond donors (Lipinski definition) is 4. The molecular weight excluding hydrogens is 520 g/mol. The van der Waals surface area contributed by atoms with Gasteiger partial charge in [-0.05, 0) is 60.5 Å². The second-order valence-electron chi connectivity index (χ2n) is 8.50. The lowest BCUT2D eigenvalue weighted by Gasteiger charge is -2.26. The van der Waals surface area contributed by atoms with E-state index in [-0.39, 0.29) is 36.5 Å². The summed E-state index contributed by atoms with van der Waals surface area (Å²) in [4.78, 5) is 59.4. The van der Waals surface area contributed by atoms with Gasteiger partial charge in [0.05, 0.1) is 22.2 Å². The molecule has 4 N–H and O–H groups in total. The molecule has 0 aliphatic carbocycles. The largest absolute Gasteiger partial charge is 0.501 e. The van der Waals surface area contributed by atoms with Gasteiger partial charge in [0.2, 0.25) is 5.91 Å². The number of carboxylic acid groups (broad SMARTS) is 1. The van der Waals surface area contributed by atoms with Crippen molar-refractivity contribution in [2.45, 2.75) is 26.0 Å². The minimum atomic E-state index is -1.24. The maximum Gasteiger partial charge on any atom is 0.335 e. The van der Waals surface area contributed by atoms with Gasteiger partial charge in [0.1, 0.15) is 12.5 Å². The van der Waals surface area contributed by atoms with Crippen molar-refractivity contribution >= 4 is 52.4 Å². The number of ether oxygens (including phenoxy) is 1. The molecule has 200 valence electrons. The molecule has 3 rings (SSSR count). The SMILES string of the molecule is CC(=O)NN(C(=O)C1C[C@@H]([C@@H](C(=O)OCc2ccc([N+](=O)[O-])cc2)C(O)=S)CN1)c1cccc(C(=O)O)c1. The van der Waals surface area contributed by atoms with E-state index in [9.17, 15) is 39.5 Å². The first-order valence-corrected chi connectivity index (χ1v) is 11.7. The Kier molecular flexibility index (Phi) is 9.04. The Morgan fingerprint density at radius 3 is 2.47 bits per heavy atom. The van der Waals surface area contributed by atoms with E-state index in [0.29, 0.717) is 5.56 Å². The van der Waals surface area contributed by atoms with Crippen LogP contribution in [0.5, 0.6) is 0 Å². The van der Waals surface area contributed by atoms with Crippen molar-refractivity contribution in [2.75, 3.05) is 11.6 Å². The van der Waals surface area contributed by atoms with Crippen LogP contribution < -0.4 is 15.8 Å². The van der Waals surface area contributed by atoms with E-state index in [1.165, 1.54) is 55.5 Å². The van der Waals surface area contributed by atoms with Crippen LogP contribution in [0.25, 0.3) is 0 Å². The van der Waals surface area contributed by atoms with Gasteiger partial charge in [-0.1, -0.05) is 6.07 Å². The molecule has 1 unspecified atom stereocenters. The number of carbonyl (C=O) groups is 4. The highest BCUT2D eigenvalue weighted by atomic mass is 32.1. The number of hydrogen-bond acceptors (Lipinski definition) is 9. The summed E-state index contributed by atoms with van der Waals surface area (Å²) < 4.78 is 5.27. The van der Waals surface area contributed by atoms with Crippen LogP contribution in [0.3, 0.4) is 0 Å². The topological polar surface area (TPSA) is 188 Å². The van der Waals surface area contributed by atoms with E-state index < -0.39 is 51.6 Å². The Labute approximate surface area is 221 Å². The number of benzene rings is 2. The predicted octanol–water partition coefficient (Wildman–Crippen LogP) is 1.90. The highest BCUT2D eigenvalue weighted by Gasteiger charge is 2.42. The van der Waals surface area contributed by atoms with Gasteiger partial charge in [-0.2, -0.15) is 0 Å². The summed E-state index contributed by atoms with van der Waals surface area (Å²) in [7, 11) is 0. The Morgan fingerprint density at radius 2 is 1.89 bits per heavy atom. The maximum atomic E-state index is 13.3. The monoisotopic (exact) mass is 544 g/mol. The summed E-state index contributed by atoms with van der Waals surface area (Å²) in [6.45, 7) is 1.08. The lowest BCUT2D eigenvalue weighted by atomic mass is 9.90. The number of aromatic carboxylic acids is 1. The molecule has 38 heavy (non-hydrogen) atoms. The van der Waals surface area contributed by atoms with Crippen LogP contribution in [-0.2, 0) is 25.7 Å². The third-order valence-electron chi connectivity index (χ3n) is 5.82. The maximum absolute atomic E-state index is 13.3. The van der Waals surface area contributed by atoms with Gasteiger partial charge in [0.25, 0.3) is 11.6 Å². The molecule has 1 aliphatic heterocycles. The van der Waals surface area contributed by atoms with E-state index in [0.717, 1.165) is 5.01 Å². The number of carboxylic acids is 1. The first kappa shape index (κ1) is 28.1. The summed E-state index contributed by atoms with van der Waals surface area (Å²) in [5.74, 6) is -5.10. The normalized spacial score (nSPS) is 17.2. The molecule has 0 aromatic heterocycles. The summed E-state index contributed by atoms with van der Waals surface area (Å²) >= 11 is 4.88. The third kappa shape index (κ3) is 6.86. The highest BCUT2D eigenvalue weighted by molar-refractivity contribution is 7.80. The number of anilines is 1. The molecule has 13 nitrogen and oxygen atoms in total. The van der Waals surface area contributed by atoms with E-state index in [1.54, 1.807) is 0 Å². The Balaban J connectivity index is 1.70. The first-order chi connectivity index (χ1) is 18.0. The zero-order chi connectivity index (χ0) is 28.0. The molecule has 3 atom stereocenters. The number of nitro benzene ring substituents is 1. The third-order valence-corrected chi connectivity index (χ3v) is 6.08. The number of aliphatic hydroxyl groups excluding tert-OH is 1. The number of nitro groups is 1. The van der Waals surface area contributed by atoms with Crippen molar-refractivity contribution < 1.29 is 39.1 Å². The second-order valence-corrected chi connectivity index (χ2v) is 8.92. The Hall–Kier alpha value is -4.43. The van der Waals surface area contributed by atoms with E-state index in [2.05, 4.69) is 10.7 Å². The van der Waals surface area contributed by atoms with Gasteiger partial charge in [-0.15, -0.1) is 0 Å². The van der Waals surface area contributed by atoms with Crippen LogP contribution in [0.15, 0.2) is 48.5 Å². The number of hydrazine groups is 1. The van der Waals surface area contributed by atoms with Gasteiger partial charge in [0, 0.05) is 25.6 Å². The average molecular weight is 545 g/mol. The fourth-order valence-corrected chi connectivity index (χ4v) is 4.29. The zero-order valence-corrected chi connectivity index (χ0v) is 20.8. The smallest absolute Gasteiger partial charge is 0.335 e. The van der Waals surface area contributed by atoms with Crippen molar-refractivity contribution in [3.63, 3.8) is 0 Å². The number of thiocarbonyl (C=S) groups is 1. The molecule has 1 fully saturated rings. The van der Waals surface area contributed by atoms with Crippen LogP contribution in [0.1, 0.15) is 29.3 Å². The summed E-state index contributed by atoms with van der Waals surface area (Å²) in [6.07, 6.45) is 0.0472. The molecular formula is C24H24N4O9S. The van der Waals surface area contributed by atoms with Crippen LogP contribution in [-0.4, -0.2) is 56.5 Å². The van der Waals surface area contributed by atoms with Gasteiger partial charge >= 0.3 is 11.9 Å². The molecule has 2 amide bonds. The van der Waals surface area contributed by atoms with Gasteiger partial charge < -0.3 is 20.3 Å². The number of nitrogens with one attached hydrogen (secondary N) is 2. The summed E-state index contributed by atoms with van der Waals surface area (Å²) in [5.41, 5.74) is 2.77. The summed E-state index contributed by atoms with van der Waals surface area (Å²) in [6, 6.07) is 9.92. The fourth-order valence-electron chi connectivity index (χ4n) is 4.00. The molecule has 2 aromatic carbocycles. The molecule has 0 saturated carbocycles. The lowest BCUT2D eigenvalue weighted by molar-refractivity contribution is -0.384. The van der Waals surface area contributed by atoms with Gasteiger partial charge in [-0.3, -0.25) is 29.9 Å². The second kappa shape index (κ2) is 12.2. The van der Waals surface area contributed by atoms with Crippen LogP contribution in [0.2, 0.25) is 0 Å². The molecule has 1 heterocycles. The van der Waals surface area contributed by atoms with Crippen molar-refractivity contribution in [1.82, 2.24) is 10.7 Å². The first-order valence-electron chi connectivity index (χ1n) is 11.3. The standard InChI is InChI=1S/C24H24N4O9S/c1-13(29)26-27(18-4-2-3-15(9-18)22(31)32)21(30)19-10-16(11-25-19)20(24(34)38)23(33)37-12-14-5-7-17(8-6-14)28(35)36/h2-9,16,19-20,25H,10-12H2,1H3,(H,26,29)(H,31,32)(H,34,38)/t16-,19?,20+/m1/s1. The molecule has 0 radical (unpaired) electrons. The number of carbonyl (C=O) groups excluding carboxylic acids is 3. The predicted molar refractivity (Wildman–Crippen MR) is 136 cm³/mol.